The lowest BCUT2D eigenvalue weighted by atomic mass is 9.77. The van der Waals surface area contributed by atoms with Crippen molar-refractivity contribution in [1.82, 2.24) is 9.21 Å². The lowest BCUT2D eigenvalue weighted by Crippen LogP contribution is -2.48. The monoisotopic (exact) mass is 414 g/mol. The van der Waals surface area contributed by atoms with Gasteiger partial charge in [0.05, 0.1) is 11.0 Å². The van der Waals surface area contributed by atoms with Crippen LogP contribution >= 0.6 is 0 Å². The maximum Gasteiger partial charge on any atom is 0.243 e. The number of fused-ring (bicyclic) bond motifs is 1. The number of halogens is 2. The first-order valence-electron chi connectivity index (χ1n) is 9.99. The summed E-state index contributed by atoms with van der Waals surface area (Å²) in [6, 6.07) is 3.05. The fourth-order valence-corrected chi connectivity index (χ4v) is 6.16. The Morgan fingerprint density at radius 1 is 1.11 bits per heavy atom. The van der Waals surface area contributed by atoms with E-state index in [0.717, 1.165) is 37.6 Å². The second-order valence-electron chi connectivity index (χ2n) is 8.74. The molecule has 2 aliphatic carbocycles. The van der Waals surface area contributed by atoms with Crippen molar-refractivity contribution in [2.75, 3.05) is 33.8 Å². The van der Waals surface area contributed by atoms with Crippen molar-refractivity contribution >= 4 is 10.0 Å². The maximum atomic E-state index is 13.6. The van der Waals surface area contributed by atoms with Gasteiger partial charge >= 0.3 is 0 Å². The summed E-state index contributed by atoms with van der Waals surface area (Å²) in [5.41, 5.74) is 0. The quantitative estimate of drug-likeness (QED) is 0.718. The van der Waals surface area contributed by atoms with Gasteiger partial charge in [0.15, 0.2) is 11.6 Å². The summed E-state index contributed by atoms with van der Waals surface area (Å²) < 4.78 is 60.3. The number of likely N-dealkylation sites (N-methyl/N-ethyl adjacent to an activating group) is 1. The molecule has 0 aromatic heterocycles. The average molecular weight is 415 g/mol. The predicted molar refractivity (Wildman–Crippen MR) is 101 cm³/mol. The molecule has 4 atom stereocenters. The van der Waals surface area contributed by atoms with Crippen LogP contribution < -0.4 is 0 Å². The number of ether oxygens (including phenoxy) is 1. The van der Waals surface area contributed by atoms with Crippen LogP contribution in [0.3, 0.4) is 0 Å². The molecule has 2 saturated carbocycles. The molecule has 0 N–H and O–H groups in total. The van der Waals surface area contributed by atoms with Gasteiger partial charge in [0, 0.05) is 25.7 Å². The van der Waals surface area contributed by atoms with Crippen LogP contribution in [-0.2, 0) is 14.8 Å². The molecule has 1 aromatic rings. The summed E-state index contributed by atoms with van der Waals surface area (Å²) in [6.45, 7) is 1.63. The predicted octanol–water partition coefficient (Wildman–Crippen LogP) is 2.72. The van der Waals surface area contributed by atoms with Crippen molar-refractivity contribution in [2.24, 2.45) is 17.8 Å². The van der Waals surface area contributed by atoms with Gasteiger partial charge in [-0.1, -0.05) is 0 Å². The molecule has 4 rings (SSSR count). The molecule has 1 aromatic carbocycles. The largest absolute Gasteiger partial charge is 0.376 e. The van der Waals surface area contributed by atoms with Gasteiger partial charge in [0.2, 0.25) is 10.0 Å². The van der Waals surface area contributed by atoms with Crippen molar-refractivity contribution in [1.29, 1.82) is 0 Å². The van der Waals surface area contributed by atoms with Crippen LogP contribution in [0.4, 0.5) is 8.78 Å². The highest BCUT2D eigenvalue weighted by Crippen LogP contribution is 2.41. The Bertz CT molecular complexity index is 829. The van der Waals surface area contributed by atoms with Crippen molar-refractivity contribution in [3.8, 4) is 0 Å². The third-order valence-electron chi connectivity index (χ3n) is 6.49. The summed E-state index contributed by atoms with van der Waals surface area (Å²) in [5, 5.41) is 0. The molecule has 8 heteroatoms. The van der Waals surface area contributed by atoms with E-state index in [2.05, 4.69) is 4.90 Å². The van der Waals surface area contributed by atoms with Crippen molar-refractivity contribution < 1.29 is 21.9 Å². The zero-order chi connectivity index (χ0) is 20.1. The van der Waals surface area contributed by atoms with E-state index in [1.807, 2.05) is 14.1 Å². The summed E-state index contributed by atoms with van der Waals surface area (Å²) in [6.07, 6.45) is 4.32. The Kier molecular flexibility index (Phi) is 5.50. The normalized spacial score (nSPS) is 31.3. The van der Waals surface area contributed by atoms with Gasteiger partial charge in [0.25, 0.3) is 0 Å². The first kappa shape index (κ1) is 20.2. The van der Waals surface area contributed by atoms with Crippen molar-refractivity contribution in [2.45, 2.75) is 42.7 Å². The summed E-state index contributed by atoms with van der Waals surface area (Å²) in [4.78, 5) is 2.00. The highest BCUT2D eigenvalue weighted by molar-refractivity contribution is 7.89. The summed E-state index contributed by atoms with van der Waals surface area (Å²) in [5.74, 6) is -1.000. The van der Waals surface area contributed by atoms with E-state index in [0.29, 0.717) is 19.0 Å². The topological polar surface area (TPSA) is 49.9 Å². The van der Waals surface area contributed by atoms with Crippen molar-refractivity contribution in [3.05, 3.63) is 29.8 Å². The van der Waals surface area contributed by atoms with E-state index >= 15 is 0 Å². The minimum atomic E-state index is -3.83. The van der Waals surface area contributed by atoms with E-state index in [1.165, 1.54) is 17.1 Å². The molecule has 0 amide bonds. The Morgan fingerprint density at radius 3 is 2.39 bits per heavy atom. The highest BCUT2D eigenvalue weighted by Gasteiger charge is 2.46. The summed E-state index contributed by atoms with van der Waals surface area (Å²) >= 11 is 0. The van der Waals surface area contributed by atoms with E-state index in [9.17, 15) is 17.2 Å². The van der Waals surface area contributed by atoms with Gasteiger partial charge in [-0.2, -0.15) is 4.31 Å². The third kappa shape index (κ3) is 3.97. The molecule has 28 heavy (non-hydrogen) atoms. The molecule has 1 heterocycles. The van der Waals surface area contributed by atoms with Crippen molar-refractivity contribution in [3.63, 3.8) is 0 Å². The van der Waals surface area contributed by atoms with Crippen LogP contribution in [0.2, 0.25) is 0 Å². The number of hydrogen-bond acceptors (Lipinski definition) is 4. The molecule has 156 valence electrons. The number of benzene rings is 1. The second-order valence-corrected chi connectivity index (χ2v) is 10.7. The molecular formula is C20H28F2N2O3S. The van der Waals surface area contributed by atoms with E-state index in [4.69, 9.17) is 4.74 Å². The molecule has 5 nitrogen and oxygen atoms in total. The molecule has 1 aliphatic heterocycles. The van der Waals surface area contributed by atoms with E-state index in [1.54, 1.807) is 0 Å². The zero-order valence-corrected chi connectivity index (χ0v) is 17.2. The van der Waals surface area contributed by atoms with Crippen LogP contribution in [0.25, 0.3) is 0 Å². The smallest absolute Gasteiger partial charge is 0.243 e. The first-order valence-corrected chi connectivity index (χ1v) is 11.4. The van der Waals surface area contributed by atoms with Crippen LogP contribution in [0.5, 0.6) is 0 Å². The van der Waals surface area contributed by atoms with E-state index < -0.39 is 21.7 Å². The number of nitrogens with zero attached hydrogens (tertiary/aromatic N) is 2. The van der Waals surface area contributed by atoms with Gasteiger partial charge in [-0.05, 0) is 75.7 Å². The number of rotatable bonds is 6. The van der Waals surface area contributed by atoms with Crippen LogP contribution in [0.1, 0.15) is 25.7 Å². The average Bonchev–Trinajstić information content (AvgIpc) is 3.38. The van der Waals surface area contributed by atoms with Gasteiger partial charge in [-0.25, -0.2) is 17.2 Å². The van der Waals surface area contributed by atoms with Gasteiger partial charge in [0.1, 0.15) is 0 Å². The number of hydrogen-bond donors (Lipinski definition) is 0. The Labute approximate surface area is 165 Å². The maximum absolute atomic E-state index is 13.6. The Morgan fingerprint density at radius 2 is 1.79 bits per heavy atom. The van der Waals surface area contributed by atoms with Gasteiger partial charge in [-0.3, -0.25) is 0 Å². The minimum absolute atomic E-state index is 0.114. The van der Waals surface area contributed by atoms with Crippen LogP contribution in [-0.4, -0.2) is 63.6 Å². The lowest BCUT2D eigenvalue weighted by molar-refractivity contribution is -0.0493. The molecule has 3 fully saturated rings. The molecular weight excluding hydrogens is 386 g/mol. The molecule has 0 bridgehead atoms. The fraction of sp³-hybridized carbons (Fsp3) is 0.700. The van der Waals surface area contributed by atoms with E-state index in [-0.39, 0.29) is 28.9 Å². The van der Waals surface area contributed by atoms with Gasteiger partial charge in [-0.15, -0.1) is 0 Å². The van der Waals surface area contributed by atoms with Crippen LogP contribution in [0.15, 0.2) is 23.1 Å². The molecule has 1 saturated heterocycles. The lowest BCUT2D eigenvalue weighted by Gasteiger charge is -2.41. The zero-order valence-electron chi connectivity index (χ0n) is 16.4. The fourth-order valence-electron chi connectivity index (χ4n) is 4.60. The molecule has 3 aliphatic rings. The second kappa shape index (κ2) is 7.63. The summed E-state index contributed by atoms with van der Waals surface area (Å²) in [7, 11) is 0.255. The third-order valence-corrected chi connectivity index (χ3v) is 8.31. The Hall–Kier alpha value is -1.09. The molecule has 0 spiro atoms. The van der Waals surface area contributed by atoms with Crippen LogP contribution in [0, 0.1) is 29.4 Å². The van der Waals surface area contributed by atoms with Gasteiger partial charge < -0.3 is 9.64 Å². The highest BCUT2D eigenvalue weighted by atomic mass is 32.2. The Balaban J connectivity index is 1.49. The molecule has 0 unspecified atom stereocenters. The standard InChI is InChI=1S/C20H28F2N2O3S/c1-23(2)19-7-14-10-24(11-15(14)8-20(19)27-12-13-3-4-13)28(25,26)16-5-6-17(21)18(22)9-16/h5-6,9,13-15,19-20H,3-4,7-8,10-12H2,1-2H3/t14-,15+,19-,20-/m1/s1. The number of sulfonamides is 1. The minimum Gasteiger partial charge on any atom is -0.376 e. The molecule has 0 radical (unpaired) electrons. The first-order chi connectivity index (χ1) is 13.3. The SMILES string of the molecule is CN(C)[C@@H]1C[C@@H]2CN(S(=O)(=O)c3ccc(F)c(F)c3)C[C@@H]2C[C@H]1OCC1CC1.